The van der Waals surface area contributed by atoms with Crippen molar-refractivity contribution < 1.29 is 97.8 Å². The van der Waals surface area contributed by atoms with Crippen LogP contribution in [0, 0.1) is 17.7 Å². The number of hydrogen-bond donors (Lipinski definition) is 9. The average Bonchev–Trinajstić information content (AvgIpc) is 3.82. The molecule has 3 saturated heterocycles. The van der Waals surface area contributed by atoms with Crippen LogP contribution in [0.5, 0.6) is 0 Å². The van der Waals surface area contributed by atoms with Crippen LogP contribution < -0.4 is 0 Å². The van der Waals surface area contributed by atoms with E-state index in [2.05, 4.69) is 10.3 Å². The Labute approximate surface area is 396 Å². The van der Waals surface area contributed by atoms with Crippen LogP contribution in [0.25, 0.3) is 11.3 Å². The minimum absolute atomic E-state index is 0.00143. The number of aliphatic carboxylic acids is 1. The van der Waals surface area contributed by atoms with E-state index in [1.807, 2.05) is 0 Å². The van der Waals surface area contributed by atoms with Crippen LogP contribution in [0.4, 0.5) is 4.39 Å². The van der Waals surface area contributed by atoms with Gasteiger partial charge < -0.3 is 83.9 Å². The predicted molar refractivity (Wildman–Crippen MR) is 231 cm³/mol. The standard InChI is InChI=1S/C46H62FN3O19/c1-4-9-28(42(59)60)64-40-35(55)31(19-52)67-46(41(40)68-43(61)24-10-6-5-7-11-24)65-29-15-23(14-21(2)39(29)69-45-38(58)37(57)33(53)22(3)63-45)20-62-44-36(56)32(34(54)30(18-51)66-44)50-17-27(48-49-50)25-12-8-13-26(47)16-25/h5-8,10-13,16-17,21-23,28-41,44-46,51-58H,4,9,14-15,18-20H2,1-3H3,(H,59,60)/t21?,22?,23?,28-,29+,30?,31?,32?,33-,34+,35-,36?,37?,38?,39?,40?,41?,44-,45-,46+/m0/s1. The number of nitrogens with zero attached hydrogens (tertiary/aromatic N) is 3. The Hall–Kier alpha value is -4.15. The first-order valence-corrected chi connectivity index (χ1v) is 23.0. The van der Waals surface area contributed by atoms with Crippen LogP contribution in [-0.4, -0.2) is 197 Å². The number of halogens is 1. The molecule has 382 valence electrons. The van der Waals surface area contributed by atoms with Gasteiger partial charge in [0.15, 0.2) is 31.1 Å². The Kier molecular flexibility index (Phi) is 17.9. The lowest BCUT2D eigenvalue weighted by Crippen LogP contribution is -2.64. The smallest absolute Gasteiger partial charge is 0.338 e. The number of carbonyl (C=O) groups is 2. The lowest BCUT2D eigenvalue weighted by Gasteiger charge is -2.48. The van der Waals surface area contributed by atoms with Crippen molar-refractivity contribution in [1.29, 1.82) is 0 Å². The number of carboxylic acid groups (broad SMARTS) is 1. The van der Waals surface area contributed by atoms with Crippen molar-refractivity contribution in [2.75, 3.05) is 19.8 Å². The molecule has 20 atom stereocenters. The molecule has 0 radical (unpaired) electrons. The molecule has 0 spiro atoms. The summed E-state index contributed by atoms with van der Waals surface area (Å²) in [7, 11) is 0. The molecule has 3 aliphatic heterocycles. The molecule has 69 heavy (non-hydrogen) atoms. The van der Waals surface area contributed by atoms with E-state index in [-0.39, 0.29) is 30.7 Å². The summed E-state index contributed by atoms with van der Waals surface area (Å²) >= 11 is 0. The number of aliphatic hydroxyl groups is 8. The van der Waals surface area contributed by atoms with Gasteiger partial charge in [-0.15, -0.1) is 5.10 Å². The molecule has 22 nitrogen and oxygen atoms in total. The van der Waals surface area contributed by atoms with E-state index in [9.17, 15) is 59.9 Å². The molecule has 1 aliphatic carbocycles. The summed E-state index contributed by atoms with van der Waals surface area (Å²) in [6, 6.07) is 12.1. The summed E-state index contributed by atoms with van der Waals surface area (Å²) in [5.74, 6) is -3.81. The molecule has 1 saturated carbocycles. The molecule has 0 amide bonds. The molecule has 9 N–H and O–H groups in total. The third-order valence-electron chi connectivity index (χ3n) is 13.1. The van der Waals surface area contributed by atoms with Gasteiger partial charge in [-0.2, -0.15) is 0 Å². The monoisotopic (exact) mass is 979 g/mol. The highest BCUT2D eigenvalue weighted by Gasteiger charge is 2.54. The van der Waals surface area contributed by atoms with Gasteiger partial charge in [0.2, 0.25) is 0 Å². The molecule has 4 fully saturated rings. The quantitative estimate of drug-likeness (QED) is 0.0737. The second-order valence-corrected chi connectivity index (χ2v) is 18.1. The average molecular weight is 980 g/mol. The molecule has 12 unspecified atom stereocenters. The number of carboxylic acids is 1. The Morgan fingerprint density at radius 3 is 2.19 bits per heavy atom. The summed E-state index contributed by atoms with van der Waals surface area (Å²) < 4.78 is 64.2. The van der Waals surface area contributed by atoms with E-state index in [4.69, 9.17) is 37.9 Å². The number of aliphatic hydroxyl groups excluding tert-OH is 8. The molecule has 1 aromatic heterocycles. The van der Waals surface area contributed by atoms with Crippen LogP contribution in [-0.2, 0) is 42.7 Å². The number of benzene rings is 2. The number of hydrogen-bond acceptors (Lipinski definition) is 20. The fraction of sp³-hybridized carbons (Fsp3) is 0.652. The zero-order valence-corrected chi connectivity index (χ0v) is 38.1. The van der Waals surface area contributed by atoms with Crippen LogP contribution in [0.2, 0.25) is 0 Å². The molecule has 3 aromatic rings. The zero-order valence-electron chi connectivity index (χ0n) is 38.1. The lowest BCUT2D eigenvalue weighted by atomic mass is 9.78. The van der Waals surface area contributed by atoms with Gasteiger partial charge in [0.05, 0.1) is 49.9 Å². The first-order valence-electron chi connectivity index (χ1n) is 23.0. The first-order chi connectivity index (χ1) is 33.0. The highest BCUT2D eigenvalue weighted by Crippen LogP contribution is 2.40. The van der Waals surface area contributed by atoms with Gasteiger partial charge in [-0.05, 0) is 62.3 Å². The SMILES string of the molecule is CCC[C@H](OC1C(OC(=O)c2ccccc2)[C@H](O[C@@H]2CC(CO[C@H]3OC(CO)[C@@H](O)C(n4cc(-c5cccc(F)c5)nn4)C3O)CC(C)C2O[C@@H]2OC(C)[C@H](O)C(O)C2O)OC(CO)[C@@H]1O)C(=O)O. The van der Waals surface area contributed by atoms with Crippen LogP contribution in [0.3, 0.4) is 0 Å². The van der Waals surface area contributed by atoms with Crippen molar-refractivity contribution in [2.24, 2.45) is 11.8 Å². The second kappa shape index (κ2) is 23.4. The van der Waals surface area contributed by atoms with Crippen molar-refractivity contribution in [2.45, 2.75) is 157 Å². The predicted octanol–water partition coefficient (Wildman–Crippen LogP) is -0.333. The molecule has 7 rings (SSSR count). The maximum atomic E-state index is 14.0. The highest BCUT2D eigenvalue weighted by atomic mass is 19.1. The minimum Gasteiger partial charge on any atom is -0.479 e. The zero-order chi connectivity index (χ0) is 49.7. The molecule has 0 bridgehead atoms. The van der Waals surface area contributed by atoms with Gasteiger partial charge in [0, 0.05) is 5.56 Å². The molecule has 4 heterocycles. The van der Waals surface area contributed by atoms with Gasteiger partial charge >= 0.3 is 11.9 Å². The van der Waals surface area contributed by atoms with E-state index in [1.165, 1.54) is 48.1 Å². The summed E-state index contributed by atoms with van der Waals surface area (Å²) in [6.07, 6.45) is -22.9. The first kappa shape index (κ1) is 52.7. The topological polar surface area (TPSA) is 321 Å². The second-order valence-electron chi connectivity index (χ2n) is 18.1. The van der Waals surface area contributed by atoms with Crippen molar-refractivity contribution >= 4 is 11.9 Å². The molecule has 4 aliphatic rings. The maximum Gasteiger partial charge on any atom is 0.338 e. The summed E-state index contributed by atoms with van der Waals surface area (Å²) in [4.78, 5) is 26.1. The molecular weight excluding hydrogens is 918 g/mol. The van der Waals surface area contributed by atoms with Crippen molar-refractivity contribution in [3.8, 4) is 11.3 Å². The van der Waals surface area contributed by atoms with Gasteiger partial charge in [-0.3, -0.25) is 0 Å². The number of rotatable bonds is 18. The molecular formula is C46H62FN3O19. The van der Waals surface area contributed by atoms with Crippen molar-refractivity contribution in [1.82, 2.24) is 15.0 Å². The van der Waals surface area contributed by atoms with E-state index in [0.717, 1.165) is 0 Å². The maximum absolute atomic E-state index is 14.0. The van der Waals surface area contributed by atoms with Crippen LogP contribution in [0.1, 0.15) is 62.9 Å². The fourth-order valence-corrected chi connectivity index (χ4v) is 9.38. The van der Waals surface area contributed by atoms with E-state index >= 15 is 0 Å². The van der Waals surface area contributed by atoms with Gasteiger partial charge in [-0.25, -0.2) is 18.7 Å². The summed E-state index contributed by atoms with van der Waals surface area (Å²) in [5, 5.41) is 105. The summed E-state index contributed by atoms with van der Waals surface area (Å²) in [6.45, 7) is 3.34. The van der Waals surface area contributed by atoms with E-state index < -0.39 is 153 Å². The number of carbonyl (C=O) groups excluding carboxylic acids is 1. The van der Waals surface area contributed by atoms with Gasteiger partial charge in [0.1, 0.15) is 72.5 Å². The minimum atomic E-state index is -1.74. The third-order valence-corrected chi connectivity index (χ3v) is 13.1. The Morgan fingerprint density at radius 1 is 0.797 bits per heavy atom. The van der Waals surface area contributed by atoms with E-state index in [1.54, 1.807) is 38.1 Å². The van der Waals surface area contributed by atoms with Gasteiger partial charge in [0.25, 0.3) is 0 Å². The third kappa shape index (κ3) is 12.0. The van der Waals surface area contributed by atoms with E-state index in [0.29, 0.717) is 18.4 Å². The Morgan fingerprint density at radius 2 is 1.51 bits per heavy atom. The lowest BCUT2D eigenvalue weighted by molar-refractivity contribution is -0.350. The largest absolute Gasteiger partial charge is 0.479 e. The van der Waals surface area contributed by atoms with Crippen molar-refractivity contribution in [3.05, 3.63) is 72.2 Å². The molecule has 23 heteroatoms. The fourth-order valence-electron chi connectivity index (χ4n) is 9.38. The number of esters is 1. The van der Waals surface area contributed by atoms with Crippen LogP contribution >= 0.6 is 0 Å². The number of ether oxygens (including phenoxy) is 8. The number of aromatic nitrogens is 3. The van der Waals surface area contributed by atoms with Crippen LogP contribution in [0.15, 0.2) is 60.8 Å². The van der Waals surface area contributed by atoms with Gasteiger partial charge in [-0.1, -0.05) is 55.8 Å². The Bertz CT molecular complexity index is 2130. The van der Waals surface area contributed by atoms with Crippen molar-refractivity contribution in [3.63, 3.8) is 0 Å². The molecule has 2 aromatic carbocycles. The highest BCUT2D eigenvalue weighted by molar-refractivity contribution is 5.89. The summed E-state index contributed by atoms with van der Waals surface area (Å²) in [5.41, 5.74) is 0.706. The normalized spacial score (nSPS) is 37.8. The Balaban J connectivity index is 1.17.